The average Bonchev–Trinajstić information content (AvgIpc) is 3.17. The van der Waals surface area contributed by atoms with Gasteiger partial charge >= 0.3 is 0 Å². The van der Waals surface area contributed by atoms with Crippen LogP contribution in [0.1, 0.15) is 81.2 Å². The molecule has 152 valence electrons. The fourth-order valence-electron chi connectivity index (χ4n) is 4.33. The highest BCUT2D eigenvalue weighted by atomic mass is 35.5. The predicted molar refractivity (Wildman–Crippen MR) is 116 cm³/mol. The minimum Gasteiger partial charge on any atom is -0.375 e. The number of aryl methyl sites for hydroxylation is 2. The monoisotopic (exact) mass is 400 g/mol. The summed E-state index contributed by atoms with van der Waals surface area (Å²) in [7, 11) is 0. The lowest BCUT2D eigenvalue weighted by Gasteiger charge is -2.38. The summed E-state index contributed by atoms with van der Waals surface area (Å²) in [6.07, 6.45) is 14.9. The van der Waals surface area contributed by atoms with Crippen molar-refractivity contribution in [2.75, 3.05) is 6.61 Å². The Hall–Kier alpha value is -1.45. The highest BCUT2D eigenvalue weighted by Crippen LogP contribution is 2.44. The van der Waals surface area contributed by atoms with Crippen molar-refractivity contribution in [2.45, 2.75) is 83.2 Å². The van der Waals surface area contributed by atoms with Gasteiger partial charge in [-0.05, 0) is 69.2 Å². The van der Waals surface area contributed by atoms with Crippen molar-refractivity contribution in [3.63, 3.8) is 0 Å². The quantitative estimate of drug-likeness (QED) is 0.574. The second kappa shape index (κ2) is 10.4. The number of nitrogens with zero attached hydrogens (tertiary/aromatic N) is 2. The number of halogens is 1. The van der Waals surface area contributed by atoms with E-state index in [0.29, 0.717) is 5.92 Å². The SMILES string of the molecule is CCCCc1cnc(C)c(Cl)c1.c1ccc([C@@H]2CCOC3(CCCC3)C2)nc1. The van der Waals surface area contributed by atoms with Crippen LogP contribution in [0.25, 0.3) is 0 Å². The molecule has 0 N–H and O–H groups in total. The normalized spacial score (nSPS) is 20.6. The van der Waals surface area contributed by atoms with Gasteiger partial charge in [0.05, 0.1) is 16.3 Å². The van der Waals surface area contributed by atoms with E-state index in [1.54, 1.807) is 0 Å². The Kier molecular flexibility index (Phi) is 7.87. The zero-order valence-electron chi connectivity index (χ0n) is 17.3. The third kappa shape index (κ3) is 5.78. The van der Waals surface area contributed by atoms with Gasteiger partial charge in [0.15, 0.2) is 0 Å². The second-order valence-electron chi connectivity index (χ2n) is 8.20. The summed E-state index contributed by atoms with van der Waals surface area (Å²) in [6.45, 7) is 5.02. The Balaban J connectivity index is 0.000000169. The van der Waals surface area contributed by atoms with E-state index in [9.17, 15) is 0 Å². The van der Waals surface area contributed by atoms with Crippen molar-refractivity contribution in [3.05, 3.63) is 58.6 Å². The molecule has 1 aliphatic heterocycles. The van der Waals surface area contributed by atoms with E-state index in [1.165, 1.54) is 56.2 Å². The number of hydrogen-bond donors (Lipinski definition) is 0. The average molecular weight is 401 g/mol. The van der Waals surface area contributed by atoms with Gasteiger partial charge in [0.1, 0.15) is 0 Å². The highest BCUT2D eigenvalue weighted by molar-refractivity contribution is 6.31. The van der Waals surface area contributed by atoms with Gasteiger partial charge in [0.2, 0.25) is 0 Å². The Labute approximate surface area is 174 Å². The molecule has 0 unspecified atom stereocenters. The Morgan fingerprint density at radius 1 is 1.21 bits per heavy atom. The van der Waals surface area contributed by atoms with Gasteiger partial charge in [0.25, 0.3) is 0 Å². The van der Waals surface area contributed by atoms with Crippen molar-refractivity contribution >= 4 is 11.6 Å². The van der Waals surface area contributed by atoms with Crippen LogP contribution in [-0.2, 0) is 11.2 Å². The van der Waals surface area contributed by atoms with Gasteiger partial charge < -0.3 is 4.74 Å². The van der Waals surface area contributed by atoms with Crippen molar-refractivity contribution in [1.29, 1.82) is 0 Å². The zero-order valence-corrected chi connectivity index (χ0v) is 18.0. The van der Waals surface area contributed by atoms with Crippen LogP contribution in [0.5, 0.6) is 0 Å². The van der Waals surface area contributed by atoms with E-state index < -0.39 is 0 Å². The van der Waals surface area contributed by atoms with Crippen molar-refractivity contribution in [1.82, 2.24) is 9.97 Å². The van der Waals surface area contributed by atoms with E-state index in [2.05, 4.69) is 29.0 Å². The van der Waals surface area contributed by atoms with Gasteiger partial charge in [-0.3, -0.25) is 9.97 Å². The lowest BCUT2D eigenvalue weighted by molar-refractivity contribution is -0.0809. The van der Waals surface area contributed by atoms with E-state index in [4.69, 9.17) is 16.3 Å². The zero-order chi connectivity index (χ0) is 19.8. The van der Waals surface area contributed by atoms with Crippen molar-refractivity contribution < 1.29 is 4.74 Å². The second-order valence-corrected chi connectivity index (χ2v) is 8.60. The molecule has 1 spiro atoms. The fraction of sp³-hybridized carbons (Fsp3) is 0.583. The molecule has 4 rings (SSSR count). The summed E-state index contributed by atoms with van der Waals surface area (Å²) in [4.78, 5) is 8.70. The topological polar surface area (TPSA) is 35.0 Å². The minimum atomic E-state index is 0.209. The molecule has 2 aliphatic rings. The van der Waals surface area contributed by atoms with Crippen LogP contribution in [-0.4, -0.2) is 22.2 Å². The molecule has 0 amide bonds. The van der Waals surface area contributed by atoms with Crippen LogP contribution in [0, 0.1) is 6.92 Å². The summed E-state index contributed by atoms with van der Waals surface area (Å²) in [6, 6.07) is 8.27. The molecule has 1 saturated heterocycles. The maximum absolute atomic E-state index is 6.05. The molecule has 3 heterocycles. The van der Waals surface area contributed by atoms with Crippen molar-refractivity contribution in [2.24, 2.45) is 0 Å². The van der Waals surface area contributed by atoms with E-state index in [-0.39, 0.29) is 5.60 Å². The maximum Gasteiger partial charge on any atom is 0.0689 e. The van der Waals surface area contributed by atoms with Crippen LogP contribution < -0.4 is 0 Å². The third-order valence-electron chi connectivity index (χ3n) is 6.01. The lowest BCUT2D eigenvalue weighted by Crippen LogP contribution is -2.36. The Bertz CT molecular complexity index is 729. The largest absolute Gasteiger partial charge is 0.375 e. The van der Waals surface area contributed by atoms with Crippen LogP contribution in [0.3, 0.4) is 0 Å². The smallest absolute Gasteiger partial charge is 0.0689 e. The first-order valence-electron chi connectivity index (χ1n) is 10.8. The molecule has 1 atom stereocenters. The van der Waals surface area contributed by atoms with E-state index in [0.717, 1.165) is 30.2 Å². The van der Waals surface area contributed by atoms with E-state index >= 15 is 0 Å². The van der Waals surface area contributed by atoms with Gasteiger partial charge in [-0.1, -0.05) is 43.9 Å². The molecule has 0 bridgehead atoms. The summed E-state index contributed by atoms with van der Waals surface area (Å²) < 4.78 is 6.05. The Morgan fingerprint density at radius 2 is 2.04 bits per heavy atom. The summed E-state index contributed by atoms with van der Waals surface area (Å²) >= 11 is 5.93. The van der Waals surface area contributed by atoms with Crippen LogP contribution >= 0.6 is 11.6 Å². The van der Waals surface area contributed by atoms with Crippen LogP contribution in [0.4, 0.5) is 0 Å². The molecule has 3 nitrogen and oxygen atoms in total. The lowest BCUT2D eigenvalue weighted by atomic mass is 9.83. The number of unbranched alkanes of at least 4 members (excludes halogenated alkanes) is 1. The molecular weight excluding hydrogens is 368 g/mol. The first-order chi connectivity index (χ1) is 13.6. The summed E-state index contributed by atoms with van der Waals surface area (Å²) in [5.41, 5.74) is 3.63. The molecule has 0 aromatic carbocycles. The Morgan fingerprint density at radius 3 is 2.71 bits per heavy atom. The number of ether oxygens (including phenoxy) is 1. The third-order valence-corrected chi connectivity index (χ3v) is 6.40. The first-order valence-corrected chi connectivity index (χ1v) is 11.2. The van der Waals surface area contributed by atoms with Crippen LogP contribution in [0.2, 0.25) is 5.02 Å². The number of rotatable bonds is 4. The minimum absolute atomic E-state index is 0.209. The fourth-order valence-corrected chi connectivity index (χ4v) is 4.52. The van der Waals surface area contributed by atoms with Gasteiger partial charge in [0, 0.05) is 30.6 Å². The molecule has 2 aromatic heterocycles. The molecular formula is C24H33ClN2O. The molecule has 28 heavy (non-hydrogen) atoms. The number of hydrogen-bond acceptors (Lipinski definition) is 3. The highest BCUT2D eigenvalue weighted by Gasteiger charge is 2.40. The summed E-state index contributed by atoms with van der Waals surface area (Å²) in [5.74, 6) is 0.619. The van der Waals surface area contributed by atoms with Crippen molar-refractivity contribution in [3.8, 4) is 0 Å². The van der Waals surface area contributed by atoms with Gasteiger partial charge in [-0.15, -0.1) is 0 Å². The van der Waals surface area contributed by atoms with Crippen LogP contribution in [0.15, 0.2) is 36.7 Å². The summed E-state index contributed by atoms with van der Waals surface area (Å²) in [5, 5.41) is 0.781. The van der Waals surface area contributed by atoms with Gasteiger partial charge in [-0.25, -0.2) is 0 Å². The standard InChI is InChI=1S/C14H19NO.C10H14ClN/c1-4-9-15-13(5-1)12-6-10-16-14(11-12)7-2-3-8-14;1-3-4-5-9-6-10(11)8(2)12-7-9/h1,4-5,9,12H,2-3,6-8,10-11H2;6-7H,3-5H2,1-2H3/t12-;/m1./s1. The number of pyridine rings is 2. The van der Waals surface area contributed by atoms with E-state index in [1.807, 2.05) is 31.5 Å². The predicted octanol–water partition coefficient (Wildman–Crippen LogP) is 6.67. The molecule has 1 aliphatic carbocycles. The molecule has 1 saturated carbocycles. The number of aromatic nitrogens is 2. The maximum atomic E-state index is 6.05. The molecule has 2 fully saturated rings. The molecule has 4 heteroatoms. The molecule has 0 radical (unpaired) electrons. The molecule has 2 aromatic rings. The first kappa shape index (κ1) is 21.3. The van der Waals surface area contributed by atoms with Gasteiger partial charge in [-0.2, -0.15) is 0 Å².